The number of nitrogens with zero attached hydrogens (tertiary/aromatic N) is 1. The van der Waals surface area contributed by atoms with Gasteiger partial charge in [-0.25, -0.2) is 8.78 Å². The molecule has 0 bridgehead atoms. The maximum Gasteiger partial charge on any atom is 0.241 e. The molecule has 7 nitrogen and oxygen atoms in total. The number of anilines is 2. The van der Waals surface area contributed by atoms with E-state index in [-0.39, 0.29) is 52.6 Å². The van der Waals surface area contributed by atoms with Crippen molar-refractivity contribution in [2.45, 2.75) is 31.7 Å². The van der Waals surface area contributed by atoms with E-state index in [1.165, 1.54) is 29.2 Å². The summed E-state index contributed by atoms with van der Waals surface area (Å²) in [7, 11) is 0. The largest absolute Gasteiger partial charge is 0.370 e. The van der Waals surface area contributed by atoms with Crippen molar-refractivity contribution in [2.24, 2.45) is 17.4 Å². The fourth-order valence-electron chi connectivity index (χ4n) is 3.73. The summed E-state index contributed by atoms with van der Waals surface area (Å²) in [5.41, 5.74) is 11.5. The van der Waals surface area contributed by atoms with E-state index in [1.807, 2.05) is 0 Å². The van der Waals surface area contributed by atoms with Crippen LogP contribution in [0.5, 0.6) is 0 Å². The molecule has 3 amide bonds. The highest BCUT2D eigenvalue weighted by Gasteiger charge is 2.30. The number of primary amides is 1. The molecule has 33 heavy (non-hydrogen) atoms. The molecule has 2 aromatic carbocycles. The Balaban J connectivity index is 1.77. The van der Waals surface area contributed by atoms with Crippen LogP contribution in [0.25, 0.3) is 0 Å². The summed E-state index contributed by atoms with van der Waals surface area (Å²) < 4.78 is 27.3. The van der Waals surface area contributed by atoms with Crippen molar-refractivity contribution in [2.75, 3.05) is 16.8 Å². The molecule has 1 fully saturated rings. The topological polar surface area (TPSA) is 119 Å². The minimum atomic E-state index is -1.14. The Morgan fingerprint density at radius 1 is 1.18 bits per heavy atom. The lowest BCUT2D eigenvalue weighted by molar-refractivity contribution is -0.123. The number of piperidine rings is 1. The molecule has 176 valence electrons. The van der Waals surface area contributed by atoms with Gasteiger partial charge in [-0.1, -0.05) is 29.3 Å². The van der Waals surface area contributed by atoms with Crippen molar-refractivity contribution in [1.82, 2.24) is 0 Å². The van der Waals surface area contributed by atoms with E-state index in [0.717, 1.165) is 6.07 Å². The zero-order chi connectivity index (χ0) is 24.3. The zero-order valence-electron chi connectivity index (χ0n) is 17.4. The molecule has 1 heterocycles. The van der Waals surface area contributed by atoms with Crippen LogP contribution in [-0.4, -0.2) is 30.3 Å². The first kappa shape index (κ1) is 24.9. The molecule has 0 spiro atoms. The Labute approximate surface area is 199 Å². The van der Waals surface area contributed by atoms with E-state index in [4.69, 9.17) is 34.7 Å². The molecule has 5 N–H and O–H groups in total. The van der Waals surface area contributed by atoms with Crippen molar-refractivity contribution >= 4 is 52.3 Å². The van der Waals surface area contributed by atoms with E-state index >= 15 is 0 Å². The average Bonchev–Trinajstić information content (AvgIpc) is 2.71. The van der Waals surface area contributed by atoms with Gasteiger partial charge in [0.25, 0.3) is 0 Å². The van der Waals surface area contributed by atoms with Crippen molar-refractivity contribution in [1.29, 1.82) is 0 Å². The Kier molecular flexibility index (Phi) is 7.88. The van der Waals surface area contributed by atoms with Gasteiger partial charge in [0, 0.05) is 24.7 Å². The number of hydrogen-bond acceptors (Lipinski definition) is 4. The maximum absolute atomic E-state index is 14.1. The number of nitrogens with one attached hydrogen (secondary N) is 1. The fourth-order valence-corrected chi connectivity index (χ4v) is 4.43. The number of halogens is 4. The Morgan fingerprint density at radius 3 is 2.45 bits per heavy atom. The number of carbonyl (C=O) groups is 3. The predicted octanol–water partition coefficient (Wildman–Crippen LogP) is 3.40. The highest BCUT2D eigenvalue weighted by Crippen LogP contribution is 2.39. The minimum Gasteiger partial charge on any atom is -0.370 e. The summed E-state index contributed by atoms with van der Waals surface area (Å²) in [5.74, 6) is -2.95. The van der Waals surface area contributed by atoms with Crippen molar-refractivity contribution in [3.05, 3.63) is 57.6 Å². The summed E-state index contributed by atoms with van der Waals surface area (Å²) in [5, 5.41) is 2.73. The smallest absolute Gasteiger partial charge is 0.241 e. The molecule has 1 aliphatic heterocycles. The molecule has 2 atom stereocenters. The average molecular weight is 499 g/mol. The van der Waals surface area contributed by atoms with Crippen LogP contribution in [0.3, 0.4) is 0 Å². The monoisotopic (exact) mass is 498 g/mol. The zero-order valence-corrected chi connectivity index (χ0v) is 18.9. The number of rotatable bonds is 7. The first-order valence-electron chi connectivity index (χ1n) is 10.1. The molecular weight excluding hydrogens is 477 g/mol. The first-order chi connectivity index (χ1) is 15.5. The third-order valence-electron chi connectivity index (χ3n) is 5.34. The van der Waals surface area contributed by atoms with Gasteiger partial charge in [-0.2, -0.15) is 0 Å². The second-order valence-electron chi connectivity index (χ2n) is 7.90. The van der Waals surface area contributed by atoms with Crippen LogP contribution in [-0.2, 0) is 20.8 Å². The van der Waals surface area contributed by atoms with Gasteiger partial charge in [0.2, 0.25) is 17.7 Å². The third kappa shape index (κ3) is 6.19. The number of amides is 3. The van der Waals surface area contributed by atoms with Crippen molar-refractivity contribution < 1.29 is 23.2 Å². The number of hydrogen-bond donors (Lipinski definition) is 3. The standard InChI is InChI=1S/C22H22Cl2F2N4O3/c23-15-7-14(29-22(33)18(27)9-19(28)31)8-16(24)21(15)30-10-11(1-4-20(30)32)5-12-2-3-13(25)6-17(12)26/h2-3,6-8,11,18H,1,4-5,9-10,27H2,(H2,28,31)(H,29,33)/t11?,18-/m0/s1. The summed E-state index contributed by atoms with van der Waals surface area (Å²) in [6.07, 6.45) is 0.731. The van der Waals surface area contributed by atoms with E-state index in [0.29, 0.717) is 18.4 Å². The highest BCUT2D eigenvalue weighted by atomic mass is 35.5. The quantitative estimate of drug-likeness (QED) is 0.541. The Hall–Kier alpha value is -2.75. The minimum absolute atomic E-state index is 0.0963. The Morgan fingerprint density at radius 2 is 1.85 bits per heavy atom. The van der Waals surface area contributed by atoms with Crippen LogP contribution in [0.1, 0.15) is 24.8 Å². The molecule has 3 rings (SSSR count). The second kappa shape index (κ2) is 10.5. The van der Waals surface area contributed by atoms with Crippen LogP contribution in [0, 0.1) is 17.6 Å². The first-order valence-corrected chi connectivity index (χ1v) is 10.9. The van der Waals surface area contributed by atoms with Gasteiger partial charge >= 0.3 is 0 Å². The van der Waals surface area contributed by atoms with E-state index in [9.17, 15) is 23.2 Å². The summed E-state index contributed by atoms with van der Waals surface area (Å²) in [4.78, 5) is 37.1. The molecule has 11 heteroatoms. The molecule has 1 saturated heterocycles. The van der Waals surface area contributed by atoms with E-state index in [1.54, 1.807) is 0 Å². The fraction of sp³-hybridized carbons (Fsp3) is 0.318. The third-order valence-corrected chi connectivity index (χ3v) is 5.92. The van der Waals surface area contributed by atoms with Crippen LogP contribution in [0.4, 0.5) is 20.2 Å². The van der Waals surface area contributed by atoms with Gasteiger partial charge in [0.15, 0.2) is 0 Å². The highest BCUT2D eigenvalue weighted by molar-refractivity contribution is 6.40. The number of nitrogens with two attached hydrogens (primary N) is 2. The van der Waals surface area contributed by atoms with E-state index in [2.05, 4.69) is 5.32 Å². The molecule has 0 aromatic heterocycles. The van der Waals surface area contributed by atoms with E-state index < -0.39 is 29.5 Å². The molecule has 0 aliphatic carbocycles. The van der Waals surface area contributed by atoms with Gasteiger partial charge in [0.05, 0.1) is 28.2 Å². The van der Waals surface area contributed by atoms with Crippen molar-refractivity contribution in [3.63, 3.8) is 0 Å². The lowest BCUT2D eigenvalue weighted by Gasteiger charge is -2.34. The van der Waals surface area contributed by atoms with Crippen LogP contribution in [0.15, 0.2) is 30.3 Å². The Bertz CT molecular complexity index is 1080. The normalized spacial score (nSPS) is 17.1. The predicted molar refractivity (Wildman–Crippen MR) is 122 cm³/mol. The lowest BCUT2D eigenvalue weighted by atomic mass is 9.90. The van der Waals surface area contributed by atoms with Crippen LogP contribution < -0.4 is 21.7 Å². The van der Waals surface area contributed by atoms with Gasteiger partial charge < -0.3 is 21.7 Å². The molecule has 1 aliphatic rings. The maximum atomic E-state index is 14.1. The van der Waals surface area contributed by atoms with Gasteiger partial charge in [-0.3, -0.25) is 14.4 Å². The van der Waals surface area contributed by atoms with Gasteiger partial charge in [0.1, 0.15) is 11.6 Å². The molecule has 2 aromatic rings. The SMILES string of the molecule is NC(=O)C[C@H](N)C(=O)Nc1cc(Cl)c(N2CC(Cc3ccc(F)cc3F)CCC2=O)c(Cl)c1. The molecule has 0 saturated carbocycles. The van der Waals surface area contributed by atoms with Gasteiger partial charge in [-0.05, 0) is 42.5 Å². The summed E-state index contributed by atoms with van der Waals surface area (Å²) in [6, 6.07) is 5.10. The van der Waals surface area contributed by atoms with Crippen LogP contribution >= 0.6 is 23.2 Å². The van der Waals surface area contributed by atoms with Crippen molar-refractivity contribution in [3.8, 4) is 0 Å². The second-order valence-corrected chi connectivity index (χ2v) is 8.72. The summed E-state index contributed by atoms with van der Waals surface area (Å²) in [6.45, 7) is 0.240. The molecule has 1 unspecified atom stereocenters. The van der Waals surface area contributed by atoms with Gasteiger partial charge in [-0.15, -0.1) is 0 Å². The lowest BCUT2D eigenvalue weighted by Crippen LogP contribution is -2.41. The number of benzene rings is 2. The number of carbonyl (C=O) groups excluding carboxylic acids is 3. The molecule has 0 radical (unpaired) electrons. The van der Waals surface area contributed by atoms with Crippen LogP contribution in [0.2, 0.25) is 10.0 Å². The summed E-state index contributed by atoms with van der Waals surface area (Å²) >= 11 is 12.8. The molecular formula is C22H22Cl2F2N4O3.